The van der Waals surface area contributed by atoms with Crippen LogP contribution in [0.25, 0.3) is 0 Å². The highest BCUT2D eigenvalue weighted by Crippen LogP contribution is 2.14. The average molecular weight is 405 g/mol. The van der Waals surface area contributed by atoms with Crippen LogP contribution in [-0.4, -0.2) is 33.9 Å². The van der Waals surface area contributed by atoms with Crippen LogP contribution in [0.1, 0.15) is 27.9 Å². The third kappa shape index (κ3) is 5.80. The maximum atomic E-state index is 12.3. The van der Waals surface area contributed by atoms with Crippen molar-refractivity contribution in [1.82, 2.24) is 15.6 Å². The zero-order valence-electron chi connectivity index (χ0n) is 15.9. The van der Waals surface area contributed by atoms with Gasteiger partial charge in [-0.1, -0.05) is 6.07 Å². The molecule has 0 aliphatic heterocycles. The molecule has 0 fully saturated rings. The molecule has 8 nitrogen and oxygen atoms in total. The summed E-state index contributed by atoms with van der Waals surface area (Å²) in [5.74, 6) is -0.409. The largest absolute Gasteiger partial charge is 0.497 e. The molecule has 9 heteroatoms. The maximum absolute atomic E-state index is 12.3. The molecular weight excluding hydrogens is 382 g/mol. The van der Waals surface area contributed by atoms with E-state index in [1.807, 2.05) is 13.8 Å². The van der Waals surface area contributed by atoms with Gasteiger partial charge in [-0.25, -0.2) is 13.1 Å². The SMILES string of the molecule is COc1ccc(C(=O)NNC(=O)CCNS(=O)(=O)c2ccc(C)c(C)c2)cc1. The molecule has 0 saturated heterocycles. The van der Waals surface area contributed by atoms with Crippen molar-refractivity contribution in [2.24, 2.45) is 0 Å². The summed E-state index contributed by atoms with van der Waals surface area (Å²) in [5.41, 5.74) is 6.72. The number of carbonyl (C=O) groups is 2. The normalized spacial score (nSPS) is 11.0. The molecule has 0 radical (unpaired) electrons. The Balaban J connectivity index is 1.80. The van der Waals surface area contributed by atoms with E-state index in [9.17, 15) is 18.0 Å². The highest BCUT2D eigenvalue weighted by molar-refractivity contribution is 7.89. The summed E-state index contributed by atoms with van der Waals surface area (Å²) in [7, 11) is -2.19. The summed E-state index contributed by atoms with van der Waals surface area (Å²) in [6.07, 6.45) is -0.132. The van der Waals surface area contributed by atoms with E-state index in [1.54, 1.807) is 36.4 Å². The standard InChI is InChI=1S/C19H23N3O5S/c1-13-4-9-17(12-14(13)2)28(25,26)20-11-10-18(23)21-22-19(24)15-5-7-16(27-3)8-6-15/h4-9,12,20H,10-11H2,1-3H3,(H,21,23)(H,22,24). The van der Waals surface area contributed by atoms with Crippen molar-refractivity contribution in [3.8, 4) is 5.75 Å². The molecule has 150 valence electrons. The number of amides is 2. The lowest BCUT2D eigenvalue weighted by Gasteiger charge is -2.10. The number of hydrogen-bond acceptors (Lipinski definition) is 5. The predicted octanol–water partition coefficient (Wildman–Crippen LogP) is 1.44. The van der Waals surface area contributed by atoms with Gasteiger partial charge >= 0.3 is 0 Å². The highest BCUT2D eigenvalue weighted by Gasteiger charge is 2.15. The van der Waals surface area contributed by atoms with Crippen molar-refractivity contribution in [1.29, 1.82) is 0 Å². The fraction of sp³-hybridized carbons (Fsp3) is 0.263. The van der Waals surface area contributed by atoms with Crippen LogP contribution in [0.15, 0.2) is 47.4 Å². The molecule has 0 spiro atoms. The Morgan fingerprint density at radius 3 is 2.25 bits per heavy atom. The third-order valence-corrected chi connectivity index (χ3v) is 5.56. The first-order chi connectivity index (χ1) is 13.2. The number of sulfonamides is 1. The molecule has 0 heterocycles. The number of rotatable bonds is 7. The van der Waals surface area contributed by atoms with Gasteiger partial charge in [0, 0.05) is 18.5 Å². The second-order valence-corrected chi connectivity index (χ2v) is 7.89. The van der Waals surface area contributed by atoms with Gasteiger partial charge in [-0.3, -0.25) is 20.4 Å². The molecule has 28 heavy (non-hydrogen) atoms. The highest BCUT2D eigenvalue weighted by atomic mass is 32.2. The van der Waals surface area contributed by atoms with Crippen molar-refractivity contribution in [3.05, 3.63) is 59.2 Å². The van der Waals surface area contributed by atoms with Crippen molar-refractivity contribution in [3.63, 3.8) is 0 Å². The number of methoxy groups -OCH3 is 1. The van der Waals surface area contributed by atoms with E-state index in [-0.39, 0.29) is 17.9 Å². The monoisotopic (exact) mass is 405 g/mol. The van der Waals surface area contributed by atoms with E-state index in [4.69, 9.17) is 4.74 Å². The van der Waals surface area contributed by atoms with Crippen LogP contribution < -0.4 is 20.3 Å². The van der Waals surface area contributed by atoms with E-state index in [0.29, 0.717) is 11.3 Å². The minimum absolute atomic E-state index is 0.0977. The summed E-state index contributed by atoms with van der Waals surface area (Å²) in [4.78, 5) is 23.9. The van der Waals surface area contributed by atoms with Crippen LogP contribution >= 0.6 is 0 Å². The van der Waals surface area contributed by atoms with E-state index in [0.717, 1.165) is 11.1 Å². The van der Waals surface area contributed by atoms with Gasteiger partial charge in [0.2, 0.25) is 15.9 Å². The van der Waals surface area contributed by atoms with Crippen LogP contribution in [-0.2, 0) is 14.8 Å². The summed E-state index contributed by atoms with van der Waals surface area (Å²) in [6, 6.07) is 11.2. The van der Waals surface area contributed by atoms with Crippen molar-refractivity contribution >= 4 is 21.8 Å². The first-order valence-corrected chi connectivity index (χ1v) is 10.0. The van der Waals surface area contributed by atoms with Gasteiger partial charge < -0.3 is 4.74 Å². The van der Waals surface area contributed by atoms with Crippen LogP contribution in [0.3, 0.4) is 0 Å². The van der Waals surface area contributed by atoms with E-state index >= 15 is 0 Å². The fourth-order valence-electron chi connectivity index (χ4n) is 2.27. The number of hydrogen-bond donors (Lipinski definition) is 3. The third-order valence-electron chi connectivity index (χ3n) is 4.10. The van der Waals surface area contributed by atoms with Crippen molar-refractivity contribution in [2.45, 2.75) is 25.2 Å². The summed E-state index contributed by atoms with van der Waals surface area (Å²) >= 11 is 0. The molecule has 0 saturated carbocycles. The first kappa shape index (κ1) is 21.4. The second-order valence-electron chi connectivity index (χ2n) is 6.12. The molecule has 0 bridgehead atoms. The van der Waals surface area contributed by atoms with Crippen LogP contribution in [0.5, 0.6) is 5.75 Å². The lowest BCUT2D eigenvalue weighted by molar-refractivity contribution is -0.121. The zero-order chi connectivity index (χ0) is 20.7. The Morgan fingerprint density at radius 1 is 0.964 bits per heavy atom. The molecule has 0 unspecified atom stereocenters. The summed E-state index contributed by atoms with van der Waals surface area (Å²) in [5, 5.41) is 0. The molecule has 2 aromatic rings. The topological polar surface area (TPSA) is 114 Å². The fourth-order valence-corrected chi connectivity index (χ4v) is 3.38. The maximum Gasteiger partial charge on any atom is 0.269 e. The zero-order valence-corrected chi connectivity index (χ0v) is 16.7. The number of hydrazine groups is 1. The molecule has 0 aromatic heterocycles. The van der Waals surface area contributed by atoms with Gasteiger partial charge in [-0.15, -0.1) is 0 Å². The predicted molar refractivity (Wildman–Crippen MR) is 104 cm³/mol. The quantitative estimate of drug-likeness (QED) is 0.603. The molecular formula is C19H23N3O5S. The smallest absolute Gasteiger partial charge is 0.269 e. The minimum atomic E-state index is -3.71. The van der Waals surface area contributed by atoms with Gasteiger partial charge in [0.05, 0.1) is 12.0 Å². The first-order valence-electron chi connectivity index (χ1n) is 8.53. The lowest BCUT2D eigenvalue weighted by atomic mass is 10.1. The number of carbonyl (C=O) groups excluding carboxylic acids is 2. The number of benzene rings is 2. The van der Waals surface area contributed by atoms with Gasteiger partial charge in [-0.2, -0.15) is 0 Å². The van der Waals surface area contributed by atoms with Gasteiger partial charge in [-0.05, 0) is 61.4 Å². The molecule has 3 N–H and O–H groups in total. The Bertz CT molecular complexity index is 956. The number of aryl methyl sites for hydroxylation is 2. The molecule has 0 aliphatic rings. The molecule has 0 atom stereocenters. The number of ether oxygens (including phenoxy) is 1. The Labute approximate surface area is 164 Å². The van der Waals surface area contributed by atoms with E-state index in [2.05, 4.69) is 15.6 Å². The molecule has 2 amide bonds. The Hall–Kier alpha value is -2.91. The average Bonchev–Trinajstić information content (AvgIpc) is 2.68. The van der Waals surface area contributed by atoms with Crippen LogP contribution in [0.4, 0.5) is 0 Å². The molecule has 0 aliphatic carbocycles. The van der Waals surface area contributed by atoms with Crippen LogP contribution in [0.2, 0.25) is 0 Å². The second kappa shape index (κ2) is 9.34. The Morgan fingerprint density at radius 2 is 1.64 bits per heavy atom. The van der Waals surface area contributed by atoms with Crippen LogP contribution in [0, 0.1) is 13.8 Å². The molecule has 2 aromatic carbocycles. The number of nitrogens with one attached hydrogen (secondary N) is 3. The molecule has 2 rings (SSSR count). The van der Waals surface area contributed by atoms with Crippen molar-refractivity contribution < 1.29 is 22.7 Å². The minimum Gasteiger partial charge on any atom is -0.497 e. The van der Waals surface area contributed by atoms with Gasteiger partial charge in [0.15, 0.2) is 0 Å². The Kier molecular flexibility index (Phi) is 7.13. The van der Waals surface area contributed by atoms with Crippen molar-refractivity contribution in [2.75, 3.05) is 13.7 Å². The lowest BCUT2D eigenvalue weighted by Crippen LogP contribution is -2.42. The summed E-state index contributed by atoms with van der Waals surface area (Å²) in [6.45, 7) is 3.62. The van der Waals surface area contributed by atoms with E-state index in [1.165, 1.54) is 13.2 Å². The summed E-state index contributed by atoms with van der Waals surface area (Å²) < 4.78 is 31.9. The van der Waals surface area contributed by atoms with Gasteiger partial charge in [0.1, 0.15) is 5.75 Å². The van der Waals surface area contributed by atoms with Gasteiger partial charge in [0.25, 0.3) is 5.91 Å². The van der Waals surface area contributed by atoms with E-state index < -0.39 is 21.8 Å².